The van der Waals surface area contributed by atoms with Crippen molar-refractivity contribution in [1.82, 2.24) is 19.7 Å². The predicted octanol–water partition coefficient (Wildman–Crippen LogP) is 2.11. The van der Waals surface area contributed by atoms with Gasteiger partial charge in [-0.2, -0.15) is 0 Å². The second kappa shape index (κ2) is 5.93. The molecule has 1 amide bonds. The zero-order valence-corrected chi connectivity index (χ0v) is 14.4. The Labute approximate surface area is 145 Å². The normalized spacial score (nSPS) is 17.0. The average Bonchev–Trinajstić information content (AvgIpc) is 2.89. The van der Waals surface area contributed by atoms with Crippen molar-refractivity contribution in [1.29, 1.82) is 0 Å². The molecule has 0 saturated heterocycles. The van der Waals surface area contributed by atoms with Gasteiger partial charge in [0.25, 0.3) is 5.91 Å². The predicted molar refractivity (Wildman–Crippen MR) is 85.2 cm³/mol. The number of carbonyl (C=O) groups excluding carboxylic acids is 1. The number of carboxylic acid groups (broad SMARTS) is 1. The molecule has 7 nitrogen and oxygen atoms in total. The molecular formula is C14H12BrClN4O3. The molecule has 1 aromatic heterocycles. The third-order valence-electron chi connectivity index (χ3n) is 3.78. The number of halogens is 2. The summed E-state index contributed by atoms with van der Waals surface area (Å²) in [7, 11) is 0. The summed E-state index contributed by atoms with van der Waals surface area (Å²) < 4.78 is 2.29. The number of aliphatic carboxylic acids is 1. The van der Waals surface area contributed by atoms with Crippen molar-refractivity contribution >= 4 is 39.4 Å². The van der Waals surface area contributed by atoms with Crippen LogP contribution in [0, 0.1) is 6.92 Å². The summed E-state index contributed by atoms with van der Waals surface area (Å²) in [4.78, 5) is 25.7. The van der Waals surface area contributed by atoms with Gasteiger partial charge >= 0.3 is 5.97 Å². The molecule has 0 radical (unpaired) electrons. The highest BCUT2D eigenvalue weighted by Crippen LogP contribution is 2.29. The van der Waals surface area contributed by atoms with Crippen LogP contribution in [-0.2, 0) is 17.9 Å². The quantitative estimate of drug-likeness (QED) is 0.835. The van der Waals surface area contributed by atoms with E-state index in [1.165, 1.54) is 4.90 Å². The fourth-order valence-electron chi connectivity index (χ4n) is 2.56. The first-order chi connectivity index (χ1) is 10.9. The van der Waals surface area contributed by atoms with Crippen LogP contribution in [0.4, 0.5) is 0 Å². The highest BCUT2D eigenvalue weighted by atomic mass is 79.9. The third-order valence-corrected chi connectivity index (χ3v) is 5.08. The lowest BCUT2D eigenvalue weighted by Gasteiger charge is -2.33. The van der Waals surface area contributed by atoms with Crippen LogP contribution < -0.4 is 0 Å². The SMILES string of the molecule is Cc1nnc2n1CC(C(=O)O)N(C(=O)c1cccc(Br)c1Cl)C2. The van der Waals surface area contributed by atoms with Crippen molar-refractivity contribution in [2.24, 2.45) is 0 Å². The molecule has 1 aromatic carbocycles. The molecule has 1 N–H and O–H groups in total. The molecule has 23 heavy (non-hydrogen) atoms. The van der Waals surface area contributed by atoms with E-state index < -0.39 is 17.9 Å². The lowest BCUT2D eigenvalue weighted by Crippen LogP contribution is -2.50. The van der Waals surface area contributed by atoms with E-state index in [0.29, 0.717) is 16.1 Å². The smallest absolute Gasteiger partial charge is 0.328 e. The van der Waals surface area contributed by atoms with Gasteiger partial charge in [0.1, 0.15) is 11.9 Å². The Bertz CT molecular complexity index is 807. The van der Waals surface area contributed by atoms with Crippen molar-refractivity contribution in [3.63, 3.8) is 0 Å². The summed E-state index contributed by atoms with van der Waals surface area (Å²) in [6, 6.07) is 3.96. The van der Waals surface area contributed by atoms with Crippen molar-refractivity contribution < 1.29 is 14.7 Å². The van der Waals surface area contributed by atoms with Gasteiger partial charge in [-0.25, -0.2) is 4.79 Å². The van der Waals surface area contributed by atoms with Gasteiger partial charge in [0.05, 0.1) is 23.7 Å². The number of aromatic nitrogens is 3. The van der Waals surface area contributed by atoms with Crippen molar-refractivity contribution in [2.45, 2.75) is 26.1 Å². The van der Waals surface area contributed by atoms with E-state index in [1.54, 1.807) is 29.7 Å². The number of carbonyl (C=O) groups is 2. The Morgan fingerprint density at radius 2 is 2.13 bits per heavy atom. The number of nitrogens with zero attached hydrogens (tertiary/aromatic N) is 4. The first-order valence-corrected chi connectivity index (χ1v) is 7.93. The van der Waals surface area contributed by atoms with E-state index in [1.807, 2.05) is 0 Å². The minimum atomic E-state index is -1.08. The van der Waals surface area contributed by atoms with E-state index in [9.17, 15) is 14.7 Å². The van der Waals surface area contributed by atoms with Crippen LogP contribution in [0.2, 0.25) is 5.02 Å². The third kappa shape index (κ3) is 2.72. The Hall–Kier alpha value is -1.93. The molecule has 0 saturated carbocycles. The molecule has 0 bridgehead atoms. The second-order valence-electron chi connectivity index (χ2n) is 5.16. The molecule has 0 aliphatic carbocycles. The van der Waals surface area contributed by atoms with Gasteiger partial charge in [-0.1, -0.05) is 17.7 Å². The van der Waals surface area contributed by atoms with Gasteiger partial charge in [-0.15, -0.1) is 10.2 Å². The standard InChI is InChI=1S/C14H12BrClN4O3/c1-7-17-18-11-6-20(10(14(22)23)5-19(7)11)13(21)8-3-2-4-9(15)12(8)16/h2-4,10H,5-6H2,1H3,(H,22,23). The maximum absolute atomic E-state index is 12.8. The molecule has 3 rings (SSSR count). The molecule has 2 heterocycles. The van der Waals surface area contributed by atoms with Gasteiger partial charge in [0, 0.05) is 4.47 Å². The van der Waals surface area contributed by atoms with Crippen LogP contribution in [0.5, 0.6) is 0 Å². The number of hydrogen-bond acceptors (Lipinski definition) is 4. The van der Waals surface area contributed by atoms with Crippen molar-refractivity contribution in [2.75, 3.05) is 0 Å². The van der Waals surface area contributed by atoms with E-state index in [4.69, 9.17) is 11.6 Å². The topological polar surface area (TPSA) is 88.3 Å². The summed E-state index contributed by atoms with van der Waals surface area (Å²) >= 11 is 9.43. The maximum Gasteiger partial charge on any atom is 0.328 e. The number of rotatable bonds is 2. The summed E-state index contributed by atoms with van der Waals surface area (Å²) in [5.41, 5.74) is 0.247. The van der Waals surface area contributed by atoms with E-state index in [-0.39, 0.29) is 23.7 Å². The summed E-state index contributed by atoms with van der Waals surface area (Å²) in [6.07, 6.45) is 0. The molecule has 1 atom stereocenters. The number of benzene rings is 1. The number of fused-ring (bicyclic) bond motifs is 1. The molecule has 0 fully saturated rings. The van der Waals surface area contributed by atoms with E-state index >= 15 is 0 Å². The highest BCUT2D eigenvalue weighted by Gasteiger charge is 2.37. The molecule has 1 aliphatic heterocycles. The van der Waals surface area contributed by atoms with Crippen molar-refractivity contribution in [3.8, 4) is 0 Å². The lowest BCUT2D eigenvalue weighted by atomic mass is 10.1. The summed E-state index contributed by atoms with van der Waals surface area (Å²) in [5.74, 6) is -0.350. The maximum atomic E-state index is 12.8. The number of hydrogen-bond donors (Lipinski definition) is 1. The van der Waals surface area contributed by atoms with Gasteiger partial charge in [-0.05, 0) is 35.0 Å². The molecule has 2 aromatic rings. The monoisotopic (exact) mass is 398 g/mol. The van der Waals surface area contributed by atoms with Gasteiger partial charge < -0.3 is 14.6 Å². The van der Waals surface area contributed by atoms with Crippen LogP contribution in [0.1, 0.15) is 22.0 Å². The average molecular weight is 400 g/mol. The minimum absolute atomic E-state index is 0.0689. The fraction of sp³-hybridized carbons (Fsp3) is 0.286. The zero-order chi connectivity index (χ0) is 16.7. The Morgan fingerprint density at radius 3 is 2.83 bits per heavy atom. The van der Waals surface area contributed by atoms with Gasteiger partial charge in [0.15, 0.2) is 5.82 Å². The molecule has 9 heteroatoms. The Kier molecular flexibility index (Phi) is 4.11. The molecular weight excluding hydrogens is 388 g/mol. The molecule has 1 unspecified atom stereocenters. The first kappa shape index (κ1) is 15.9. The molecule has 1 aliphatic rings. The Balaban J connectivity index is 2.01. The number of carboxylic acids is 1. The number of aryl methyl sites for hydroxylation is 1. The van der Waals surface area contributed by atoms with E-state index in [2.05, 4.69) is 26.1 Å². The largest absolute Gasteiger partial charge is 0.480 e. The van der Waals surface area contributed by atoms with Crippen LogP contribution >= 0.6 is 27.5 Å². The highest BCUT2D eigenvalue weighted by molar-refractivity contribution is 9.10. The summed E-state index contributed by atoms with van der Waals surface area (Å²) in [5, 5.41) is 17.7. The van der Waals surface area contributed by atoms with Crippen molar-refractivity contribution in [3.05, 3.63) is 44.9 Å². The fourth-order valence-corrected chi connectivity index (χ4v) is 3.13. The molecule has 120 valence electrons. The molecule has 0 spiro atoms. The van der Waals surface area contributed by atoms with E-state index in [0.717, 1.165) is 0 Å². The van der Waals surface area contributed by atoms with Crippen LogP contribution in [0.15, 0.2) is 22.7 Å². The zero-order valence-electron chi connectivity index (χ0n) is 12.0. The summed E-state index contributed by atoms with van der Waals surface area (Å²) in [6.45, 7) is 1.93. The minimum Gasteiger partial charge on any atom is -0.480 e. The van der Waals surface area contributed by atoms with Crippen LogP contribution in [-0.4, -0.2) is 42.7 Å². The van der Waals surface area contributed by atoms with Gasteiger partial charge in [0.2, 0.25) is 0 Å². The van der Waals surface area contributed by atoms with Crippen LogP contribution in [0.25, 0.3) is 0 Å². The lowest BCUT2D eigenvalue weighted by molar-refractivity contribution is -0.143. The van der Waals surface area contributed by atoms with Crippen LogP contribution in [0.3, 0.4) is 0 Å². The Morgan fingerprint density at radius 1 is 1.39 bits per heavy atom. The second-order valence-corrected chi connectivity index (χ2v) is 6.39. The number of amides is 1. The van der Waals surface area contributed by atoms with Gasteiger partial charge in [-0.3, -0.25) is 4.79 Å². The first-order valence-electron chi connectivity index (χ1n) is 6.76.